The number of rotatable bonds is 3. The monoisotopic (exact) mass is 560 g/mol. The summed E-state index contributed by atoms with van der Waals surface area (Å²) in [5.74, 6) is -1.28. The van der Waals surface area contributed by atoms with Crippen LogP contribution in [0.1, 0.15) is 11.1 Å². The van der Waals surface area contributed by atoms with Gasteiger partial charge in [0.2, 0.25) is 5.91 Å². The summed E-state index contributed by atoms with van der Waals surface area (Å²) in [5, 5.41) is 5.54. The smallest absolute Gasteiger partial charge is 0.265 e. The molecule has 1 aliphatic carbocycles. The van der Waals surface area contributed by atoms with Gasteiger partial charge in [0.25, 0.3) is 17.3 Å². The van der Waals surface area contributed by atoms with Crippen LogP contribution in [-0.2, 0) is 20.8 Å². The molecule has 0 saturated carbocycles. The molecule has 0 bridgehead atoms. The summed E-state index contributed by atoms with van der Waals surface area (Å²) in [6, 6.07) is 44.8. The van der Waals surface area contributed by atoms with Gasteiger partial charge >= 0.3 is 0 Å². The molecule has 3 aliphatic heterocycles. The van der Waals surface area contributed by atoms with Crippen molar-refractivity contribution in [1.82, 2.24) is 5.43 Å². The van der Waals surface area contributed by atoms with Crippen molar-refractivity contribution in [3.05, 3.63) is 151 Å². The molecule has 7 heteroatoms. The van der Waals surface area contributed by atoms with E-state index in [1.807, 2.05) is 120 Å². The Labute approximate surface area is 248 Å². The highest BCUT2D eigenvalue weighted by molar-refractivity contribution is 6.26. The van der Waals surface area contributed by atoms with Gasteiger partial charge in [0.1, 0.15) is 12.0 Å². The number of imide groups is 1. The summed E-state index contributed by atoms with van der Waals surface area (Å²) in [7, 11) is 0. The Morgan fingerprint density at radius 2 is 1.14 bits per heavy atom. The maximum Gasteiger partial charge on any atom is 0.265 e. The van der Waals surface area contributed by atoms with Gasteiger partial charge in [-0.15, -0.1) is 0 Å². The Bertz CT molecular complexity index is 1980. The van der Waals surface area contributed by atoms with E-state index < -0.39 is 23.2 Å². The minimum absolute atomic E-state index is 0.240. The molecule has 2 saturated heterocycles. The molecule has 1 N–H and O–H groups in total. The lowest BCUT2D eigenvalue weighted by Crippen LogP contribution is -2.62. The van der Waals surface area contributed by atoms with Crippen molar-refractivity contribution in [3.8, 4) is 11.1 Å². The summed E-state index contributed by atoms with van der Waals surface area (Å²) >= 11 is 0. The van der Waals surface area contributed by atoms with Crippen molar-refractivity contribution >= 4 is 28.9 Å². The zero-order valence-electron chi connectivity index (χ0n) is 23.0. The third-order valence-corrected chi connectivity index (χ3v) is 9.44. The average molecular weight is 561 g/mol. The van der Waals surface area contributed by atoms with Gasteiger partial charge in [-0.3, -0.25) is 9.59 Å². The largest absolute Gasteiger partial charge is 0.323 e. The van der Waals surface area contributed by atoms with Gasteiger partial charge in [0.15, 0.2) is 5.54 Å². The number of para-hydroxylation sites is 3. The number of nitrogens with one attached hydrogen (secondary N) is 1. The number of hydrogen-bond acceptors (Lipinski definition) is 5. The summed E-state index contributed by atoms with van der Waals surface area (Å²) in [4.78, 5) is 34.9. The second-order valence-electron chi connectivity index (χ2n) is 11.4. The molecule has 5 aromatic rings. The van der Waals surface area contributed by atoms with Crippen molar-refractivity contribution < 1.29 is 14.4 Å². The predicted molar refractivity (Wildman–Crippen MR) is 162 cm³/mol. The number of carbonyl (C=O) groups is 2. The fraction of sp³-hybridized carbons (Fsp3) is 0.111. The van der Waals surface area contributed by atoms with Gasteiger partial charge in [-0.2, -0.15) is 5.43 Å². The Kier molecular flexibility index (Phi) is 4.75. The van der Waals surface area contributed by atoms with Crippen LogP contribution in [0, 0.1) is 5.92 Å². The van der Waals surface area contributed by atoms with Crippen molar-refractivity contribution in [2.45, 2.75) is 17.2 Å². The first-order valence-corrected chi connectivity index (χ1v) is 14.5. The third-order valence-electron chi connectivity index (χ3n) is 9.44. The summed E-state index contributed by atoms with van der Waals surface area (Å²) < 4.78 is 0. The third kappa shape index (κ3) is 2.84. The van der Waals surface area contributed by atoms with Crippen molar-refractivity contribution in [3.63, 3.8) is 0 Å². The number of azo groups is 1. The molecule has 2 amide bonds. The van der Waals surface area contributed by atoms with Gasteiger partial charge in [-0.05, 0) is 41.0 Å². The minimum atomic E-state index is -1.15. The molecule has 0 unspecified atom stereocenters. The van der Waals surface area contributed by atoms with E-state index in [0.29, 0.717) is 5.69 Å². The molecule has 5 aromatic carbocycles. The minimum Gasteiger partial charge on any atom is -0.323 e. The lowest BCUT2D eigenvalue weighted by molar-refractivity contribution is -0.570. The van der Waals surface area contributed by atoms with Crippen LogP contribution in [0.5, 0.6) is 0 Å². The molecule has 4 aliphatic rings. The molecule has 7 nitrogen and oxygen atoms in total. The van der Waals surface area contributed by atoms with E-state index in [1.165, 1.54) is 4.90 Å². The van der Waals surface area contributed by atoms with E-state index in [0.717, 1.165) is 33.6 Å². The van der Waals surface area contributed by atoms with E-state index >= 15 is 0 Å². The van der Waals surface area contributed by atoms with Crippen LogP contribution in [0.3, 0.4) is 0 Å². The van der Waals surface area contributed by atoms with E-state index in [4.69, 9.17) is 5.11 Å². The van der Waals surface area contributed by atoms with Crippen LogP contribution in [0.4, 0.5) is 17.1 Å². The first-order chi connectivity index (χ1) is 21.2. The molecule has 4 atom stereocenters. The second-order valence-corrected chi connectivity index (χ2v) is 11.4. The van der Waals surface area contributed by atoms with E-state index in [-0.39, 0.29) is 11.8 Å². The van der Waals surface area contributed by atoms with Gasteiger partial charge in [0.05, 0.1) is 5.69 Å². The standard InChI is InChI=1S/C36H26N5O2/c42-33-31-32(34(43)39(33)24-14-4-1-5-15-24)40(25-16-6-2-7-17-25)36-30-23-13-11-21-28(30)27-20-10-12-22-29(27)35(31,36)37-41(38-36)26-18-8-3-9-19-26/h1-23,31-32H,(H,37,38)/q+1/t31-,32+,35+,36-/m0/s1. The van der Waals surface area contributed by atoms with E-state index in [1.54, 1.807) is 0 Å². The Morgan fingerprint density at radius 3 is 1.81 bits per heavy atom. The summed E-state index contributed by atoms with van der Waals surface area (Å²) in [6.07, 6.45) is 0. The number of amides is 2. The zero-order chi connectivity index (χ0) is 28.8. The molecule has 0 radical (unpaired) electrons. The first kappa shape index (κ1) is 24.1. The molecule has 0 spiro atoms. The molecule has 2 fully saturated rings. The molecule has 3 heterocycles. The fourth-order valence-corrected chi connectivity index (χ4v) is 7.91. The summed E-state index contributed by atoms with van der Waals surface area (Å²) in [6.45, 7) is 0. The molecular formula is C36H26N5O2+. The molecular weight excluding hydrogens is 534 g/mol. The van der Waals surface area contributed by atoms with E-state index in [2.05, 4.69) is 34.6 Å². The zero-order valence-corrected chi connectivity index (χ0v) is 23.0. The second kappa shape index (κ2) is 8.49. The van der Waals surface area contributed by atoms with Gasteiger partial charge < -0.3 is 4.90 Å². The van der Waals surface area contributed by atoms with Crippen LogP contribution in [0.15, 0.2) is 145 Å². The maximum atomic E-state index is 14.9. The highest BCUT2D eigenvalue weighted by Gasteiger charge is 2.85. The van der Waals surface area contributed by atoms with Crippen molar-refractivity contribution in [2.75, 3.05) is 9.80 Å². The van der Waals surface area contributed by atoms with Crippen molar-refractivity contribution in [2.24, 2.45) is 11.0 Å². The highest BCUT2D eigenvalue weighted by Crippen LogP contribution is 2.68. The number of hydrazine groups is 1. The van der Waals surface area contributed by atoms with E-state index in [9.17, 15) is 9.59 Å². The Morgan fingerprint density at radius 1 is 0.605 bits per heavy atom. The number of hydrogen-bond donors (Lipinski definition) is 1. The van der Waals surface area contributed by atoms with Crippen molar-refractivity contribution in [1.29, 1.82) is 0 Å². The number of benzene rings is 5. The SMILES string of the molecule is O=C1[C@@H]2[C@H](C(=O)N1c1ccccc1)N(c1ccccc1)[C@]13N=[N+](c4ccccc4)N[C@]21c1ccccc1-c1ccccc13. The van der Waals surface area contributed by atoms with Gasteiger partial charge in [0, 0.05) is 33.3 Å². The highest BCUT2D eigenvalue weighted by atomic mass is 16.2. The Hall–Kier alpha value is -5.56. The lowest BCUT2D eigenvalue weighted by atomic mass is 9.63. The van der Waals surface area contributed by atoms with Gasteiger partial charge in [-0.25, -0.2) is 4.90 Å². The van der Waals surface area contributed by atoms with Crippen LogP contribution in [0.2, 0.25) is 0 Å². The lowest BCUT2D eigenvalue weighted by Gasteiger charge is -2.45. The molecule has 9 rings (SSSR count). The van der Waals surface area contributed by atoms with Crippen LogP contribution >= 0.6 is 0 Å². The normalized spacial score (nSPS) is 26.2. The van der Waals surface area contributed by atoms with Crippen LogP contribution < -0.4 is 15.2 Å². The summed E-state index contributed by atoms with van der Waals surface area (Å²) in [5.41, 5.74) is 7.72. The van der Waals surface area contributed by atoms with Gasteiger partial charge in [-0.1, -0.05) is 103 Å². The molecule has 43 heavy (non-hydrogen) atoms. The Balaban J connectivity index is 1.42. The topological polar surface area (TPSA) is 68.0 Å². The van der Waals surface area contributed by atoms with Crippen LogP contribution in [-0.4, -0.2) is 22.7 Å². The molecule has 0 aromatic heterocycles. The number of carbonyl (C=O) groups excluding carboxylic acids is 2. The average Bonchev–Trinajstić information content (AvgIpc) is 3.65. The molecule has 206 valence electrons. The quantitative estimate of drug-likeness (QED) is 0.214. The fourth-order valence-electron chi connectivity index (χ4n) is 7.91. The van der Waals surface area contributed by atoms with Crippen LogP contribution in [0.25, 0.3) is 11.1 Å². The first-order valence-electron chi connectivity index (χ1n) is 14.5. The number of anilines is 2. The number of nitrogens with zero attached hydrogens (tertiary/aromatic N) is 4. The predicted octanol–water partition coefficient (Wildman–Crippen LogP) is 6.11. The number of fused-ring (bicyclic) bond motifs is 4. The maximum absolute atomic E-state index is 14.9.